The van der Waals surface area contributed by atoms with Crippen LogP contribution in [0.25, 0.3) is 0 Å². The summed E-state index contributed by atoms with van der Waals surface area (Å²) in [5.74, 6) is -0.670. The molecular formula is C19H21FN2O3. The molecule has 2 amide bonds. The molecule has 0 unspecified atom stereocenters. The molecule has 0 aliphatic carbocycles. The van der Waals surface area contributed by atoms with Crippen molar-refractivity contribution in [3.05, 3.63) is 59.9 Å². The van der Waals surface area contributed by atoms with E-state index in [9.17, 15) is 14.0 Å². The van der Waals surface area contributed by atoms with Gasteiger partial charge < -0.3 is 15.4 Å². The van der Waals surface area contributed by atoms with Gasteiger partial charge in [-0.3, -0.25) is 9.59 Å². The highest BCUT2D eigenvalue weighted by Crippen LogP contribution is 2.17. The molecule has 2 N–H and O–H groups in total. The number of rotatable bonds is 6. The van der Waals surface area contributed by atoms with E-state index >= 15 is 0 Å². The number of carbonyl (C=O) groups excluding carboxylic acids is 2. The van der Waals surface area contributed by atoms with Gasteiger partial charge in [-0.05, 0) is 57.2 Å². The second-order valence-electron chi connectivity index (χ2n) is 5.88. The van der Waals surface area contributed by atoms with Crippen molar-refractivity contribution in [3.8, 4) is 5.75 Å². The van der Waals surface area contributed by atoms with Gasteiger partial charge in [0.05, 0.1) is 11.3 Å². The molecule has 5 nitrogen and oxygen atoms in total. The Labute approximate surface area is 146 Å². The highest BCUT2D eigenvalue weighted by molar-refractivity contribution is 6.04. The fraction of sp³-hybridized carbons (Fsp3) is 0.263. The zero-order chi connectivity index (χ0) is 18.4. The summed E-state index contributed by atoms with van der Waals surface area (Å²) in [7, 11) is 0. The third-order valence-electron chi connectivity index (χ3n) is 3.35. The predicted octanol–water partition coefficient (Wildman–Crippen LogP) is 3.37. The lowest BCUT2D eigenvalue weighted by Gasteiger charge is -2.17. The van der Waals surface area contributed by atoms with Crippen molar-refractivity contribution < 1.29 is 18.7 Å². The Morgan fingerprint density at radius 1 is 1.00 bits per heavy atom. The number of carbonyl (C=O) groups is 2. The fourth-order valence-electron chi connectivity index (χ4n) is 2.14. The maximum atomic E-state index is 12.9. The number of ether oxygens (including phenoxy) is 1. The van der Waals surface area contributed by atoms with E-state index in [1.165, 1.54) is 24.3 Å². The highest BCUT2D eigenvalue weighted by Gasteiger charge is 2.18. The Morgan fingerprint density at radius 2 is 1.64 bits per heavy atom. The number of halogens is 1. The Balaban J connectivity index is 2.07. The molecule has 0 aliphatic rings. The van der Waals surface area contributed by atoms with Gasteiger partial charge in [-0.15, -0.1) is 0 Å². The van der Waals surface area contributed by atoms with Crippen LogP contribution in [0.5, 0.6) is 5.75 Å². The normalized spacial score (nSPS) is 11.7. The summed E-state index contributed by atoms with van der Waals surface area (Å²) in [6.45, 7) is 5.30. The van der Waals surface area contributed by atoms with Gasteiger partial charge >= 0.3 is 0 Å². The lowest BCUT2D eigenvalue weighted by atomic mass is 10.1. The number of para-hydroxylation sites is 1. The standard InChI is InChI=1S/C19H21FN2O3/c1-12(2)21-19(24)16-6-4-5-7-17(16)22-18(23)13(3)25-15-10-8-14(20)9-11-15/h4-13H,1-3H3,(H,21,24)(H,22,23)/t13-/m0/s1. The van der Waals surface area contributed by atoms with E-state index in [2.05, 4.69) is 10.6 Å². The van der Waals surface area contributed by atoms with E-state index in [1.807, 2.05) is 13.8 Å². The van der Waals surface area contributed by atoms with Crippen LogP contribution in [0.4, 0.5) is 10.1 Å². The van der Waals surface area contributed by atoms with Crippen LogP contribution < -0.4 is 15.4 Å². The molecule has 0 radical (unpaired) electrons. The molecule has 0 fully saturated rings. The Morgan fingerprint density at radius 3 is 2.28 bits per heavy atom. The molecule has 0 aliphatic heterocycles. The molecule has 0 spiro atoms. The fourth-order valence-corrected chi connectivity index (χ4v) is 2.14. The van der Waals surface area contributed by atoms with Crippen molar-refractivity contribution >= 4 is 17.5 Å². The van der Waals surface area contributed by atoms with Gasteiger partial charge in [-0.2, -0.15) is 0 Å². The lowest BCUT2D eigenvalue weighted by Crippen LogP contribution is -2.33. The summed E-state index contributed by atoms with van der Waals surface area (Å²) in [4.78, 5) is 24.6. The molecule has 1 atom stereocenters. The largest absolute Gasteiger partial charge is 0.481 e. The van der Waals surface area contributed by atoms with Crippen LogP contribution >= 0.6 is 0 Å². The SMILES string of the molecule is CC(C)NC(=O)c1ccccc1NC(=O)[C@H](C)Oc1ccc(F)cc1. The van der Waals surface area contributed by atoms with Gasteiger partial charge in [0.2, 0.25) is 0 Å². The van der Waals surface area contributed by atoms with E-state index in [0.717, 1.165) is 0 Å². The molecule has 0 aromatic heterocycles. The predicted molar refractivity (Wildman–Crippen MR) is 94.2 cm³/mol. The minimum Gasteiger partial charge on any atom is -0.481 e. The summed E-state index contributed by atoms with van der Waals surface area (Å²) >= 11 is 0. The van der Waals surface area contributed by atoms with E-state index in [-0.39, 0.29) is 17.8 Å². The van der Waals surface area contributed by atoms with E-state index in [4.69, 9.17) is 4.74 Å². The summed E-state index contributed by atoms with van der Waals surface area (Å²) in [5, 5.41) is 5.49. The summed E-state index contributed by atoms with van der Waals surface area (Å²) in [6, 6.07) is 12.1. The molecule has 2 aromatic rings. The monoisotopic (exact) mass is 344 g/mol. The second kappa shape index (κ2) is 8.28. The maximum Gasteiger partial charge on any atom is 0.265 e. The zero-order valence-corrected chi connectivity index (χ0v) is 14.4. The van der Waals surface area contributed by atoms with Crippen molar-refractivity contribution in [2.75, 3.05) is 5.32 Å². The van der Waals surface area contributed by atoms with Crippen LogP contribution in [-0.4, -0.2) is 24.0 Å². The van der Waals surface area contributed by atoms with E-state index < -0.39 is 12.0 Å². The Hall–Kier alpha value is -2.89. The first-order valence-electron chi connectivity index (χ1n) is 8.00. The maximum absolute atomic E-state index is 12.9. The first-order valence-corrected chi connectivity index (χ1v) is 8.00. The Kier molecular flexibility index (Phi) is 6.11. The van der Waals surface area contributed by atoms with Gasteiger partial charge in [0, 0.05) is 6.04 Å². The van der Waals surface area contributed by atoms with Crippen LogP contribution in [0, 0.1) is 5.82 Å². The average Bonchev–Trinajstić information content (AvgIpc) is 2.56. The van der Waals surface area contributed by atoms with Crippen LogP contribution in [0.3, 0.4) is 0 Å². The van der Waals surface area contributed by atoms with Gasteiger partial charge in [-0.1, -0.05) is 12.1 Å². The third kappa shape index (κ3) is 5.31. The van der Waals surface area contributed by atoms with E-state index in [1.54, 1.807) is 31.2 Å². The van der Waals surface area contributed by atoms with Crippen LogP contribution in [-0.2, 0) is 4.79 Å². The molecule has 0 heterocycles. The number of benzene rings is 2. The van der Waals surface area contributed by atoms with Gasteiger partial charge in [0.1, 0.15) is 11.6 Å². The number of hydrogen-bond donors (Lipinski definition) is 2. The summed E-state index contributed by atoms with van der Waals surface area (Å²) < 4.78 is 18.4. The van der Waals surface area contributed by atoms with Crippen molar-refractivity contribution in [1.82, 2.24) is 5.32 Å². The number of hydrogen-bond acceptors (Lipinski definition) is 3. The van der Waals surface area contributed by atoms with Gasteiger partial charge in [0.25, 0.3) is 11.8 Å². The average molecular weight is 344 g/mol. The first kappa shape index (κ1) is 18.4. The minimum absolute atomic E-state index is 0.0167. The first-order chi connectivity index (χ1) is 11.9. The summed E-state index contributed by atoms with van der Waals surface area (Å²) in [5.41, 5.74) is 0.777. The van der Waals surface area contributed by atoms with Crippen molar-refractivity contribution in [1.29, 1.82) is 0 Å². The van der Waals surface area contributed by atoms with Gasteiger partial charge in [0.15, 0.2) is 6.10 Å². The molecule has 0 saturated heterocycles. The number of anilines is 1. The molecule has 2 aromatic carbocycles. The molecule has 6 heteroatoms. The van der Waals surface area contributed by atoms with Crippen molar-refractivity contribution in [3.63, 3.8) is 0 Å². The second-order valence-corrected chi connectivity index (χ2v) is 5.88. The van der Waals surface area contributed by atoms with Crippen LogP contribution in [0.2, 0.25) is 0 Å². The molecule has 2 rings (SSSR count). The number of amides is 2. The zero-order valence-electron chi connectivity index (χ0n) is 14.4. The lowest BCUT2D eigenvalue weighted by molar-refractivity contribution is -0.122. The quantitative estimate of drug-likeness (QED) is 0.844. The Bertz CT molecular complexity index is 745. The van der Waals surface area contributed by atoms with Crippen molar-refractivity contribution in [2.24, 2.45) is 0 Å². The van der Waals surface area contributed by atoms with Crippen molar-refractivity contribution in [2.45, 2.75) is 32.9 Å². The molecule has 0 bridgehead atoms. The topological polar surface area (TPSA) is 67.4 Å². The molecular weight excluding hydrogens is 323 g/mol. The highest BCUT2D eigenvalue weighted by atomic mass is 19.1. The summed E-state index contributed by atoms with van der Waals surface area (Å²) in [6.07, 6.45) is -0.813. The van der Waals surface area contributed by atoms with E-state index in [0.29, 0.717) is 17.0 Å². The minimum atomic E-state index is -0.813. The third-order valence-corrected chi connectivity index (χ3v) is 3.35. The number of nitrogens with one attached hydrogen (secondary N) is 2. The van der Waals surface area contributed by atoms with Crippen LogP contribution in [0.15, 0.2) is 48.5 Å². The molecule has 132 valence electrons. The van der Waals surface area contributed by atoms with Crippen LogP contribution in [0.1, 0.15) is 31.1 Å². The smallest absolute Gasteiger partial charge is 0.265 e. The molecule has 25 heavy (non-hydrogen) atoms. The molecule has 0 saturated carbocycles. The van der Waals surface area contributed by atoms with Gasteiger partial charge in [-0.25, -0.2) is 4.39 Å².